The van der Waals surface area contributed by atoms with E-state index in [0.29, 0.717) is 22.4 Å². The summed E-state index contributed by atoms with van der Waals surface area (Å²) < 4.78 is 16.7. The number of anilines is 1. The lowest BCUT2D eigenvalue weighted by Gasteiger charge is -2.35. The predicted molar refractivity (Wildman–Crippen MR) is 124 cm³/mol. The van der Waals surface area contributed by atoms with Gasteiger partial charge in [-0.25, -0.2) is 4.79 Å². The van der Waals surface area contributed by atoms with Gasteiger partial charge in [0.15, 0.2) is 12.4 Å². The van der Waals surface area contributed by atoms with Crippen LogP contribution in [0.4, 0.5) is 16.2 Å². The average Bonchev–Trinajstić information content (AvgIpc) is 2.72. The largest absolute Gasteiger partial charge is 0.487 e. The van der Waals surface area contributed by atoms with Crippen molar-refractivity contribution in [1.82, 2.24) is 0 Å². The van der Waals surface area contributed by atoms with E-state index in [-0.39, 0.29) is 41.6 Å². The van der Waals surface area contributed by atoms with Gasteiger partial charge < -0.3 is 19.3 Å². The van der Waals surface area contributed by atoms with E-state index in [1.807, 2.05) is 0 Å². The van der Waals surface area contributed by atoms with Crippen LogP contribution in [0.25, 0.3) is 0 Å². The number of ether oxygens (including phenoxy) is 3. The maximum atomic E-state index is 13.1. The lowest BCUT2D eigenvalue weighted by atomic mass is 9.89. The molecule has 0 aromatic heterocycles. The van der Waals surface area contributed by atoms with Crippen molar-refractivity contribution in [1.29, 1.82) is 0 Å². The molecule has 1 unspecified atom stereocenters. The average molecular weight is 472 g/mol. The fourth-order valence-corrected chi connectivity index (χ4v) is 3.68. The maximum absolute atomic E-state index is 13.1. The number of nitro benzene ring substituents is 1. The minimum absolute atomic E-state index is 0.0959. The number of benzene rings is 2. The molecule has 2 aromatic carbocycles. The van der Waals surface area contributed by atoms with Crippen LogP contribution in [0.3, 0.4) is 0 Å². The molecule has 3 rings (SSSR count). The molecule has 10 nitrogen and oxygen atoms in total. The van der Waals surface area contributed by atoms with Crippen molar-refractivity contribution in [3.8, 4) is 11.5 Å². The molecule has 0 bridgehead atoms. The van der Waals surface area contributed by atoms with Gasteiger partial charge in [-0.05, 0) is 70.4 Å². The quantitative estimate of drug-likeness (QED) is 0.476. The van der Waals surface area contributed by atoms with Crippen LogP contribution in [-0.4, -0.2) is 39.9 Å². The summed E-state index contributed by atoms with van der Waals surface area (Å²) in [5.74, 6) is -1.81. The first-order chi connectivity index (χ1) is 15.7. The van der Waals surface area contributed by atoms with Crippen molar-refractivity contribution in [3.63, 3.8) is 0 Å². The molecular weight excluding hydrogens is 444 g/mol. The smallest absolute Gasteiger partial charge is 0.412 e. The minimum Gasteiger partial charge on any atom is -0.487 e. The van der Waals surface area contributed by atoms with Crippen LogP contribution in [0.15, 0.2) is 24.3 Å². The summed E-state index contributed by atoms with van der Waals surface area (Å²) in [4.78, 5) is 35.7. The SMILES string of the molecule is Cc1c(C)c2c(c(C)c1NC(=O)OC(C)(C)C)C(=O)CC(O)(COc1ccc([N+](=O)[O-])cc1)O2. The van der Waals surface area contributed by atoms with E-state index in [1.54, 1.807) is 41.5 Å². The number of nitrogens with zero attached hydrogens (tertiary/aromatic N) is 1. The number of hydrogen-bond donors (Lipinski definition) is 2. The van der Waals surface area contributed by atoms with Gasteiger partial charge in [-0.2, -0.15) is 0 Å². The summed E-state index contributed by atoms with van der Waals surface area (Å²) in [5.41, 5.74) is 1.69. The number of fused-ring (bicyclic) bond motifs is 1. The third-order valence-corrected chi connectivity index (χ3v) is 5.40. The van der Waals surface area contributed by atoms with Gasteiger partial charge in [-0.1, -0.05) is 0 Å². The molecule has 1 atom stereocenters. The Hall–Kier alpha value is -3.66. The molecule has 0 fully saturated rings. The summed E-state index contributed by atoms with van der Waals surface area (Å²) >= 11 is 0. The number of rotatable bonds is 5. The monoisotopic (exact) mass is 472 g/mol. The molecule has 1 amide bonds. The van der Waals surface area contributed by atoms with E-state index in [0.717, 1.165) is 0 Å². The number of ketones is 1. The first-order valence-electron chi connectivity index (χ1n) is 10.7. The summed E-state index contributed by atoms with van der Waals surface area (Å²) in [7, 11) is 0. The molecule has 0 saturated carbocycles. The Labute approximate surface area is 197 Å². The van der Waals surface area contributed by atoms with Gasteiger partial charge in [0.1, 0.15) is 17.1 Å². The van der Waals surface area contributed by atoms with Gasteiger partial charge in [0.2, 0.25) is 5.79 Å². The third kappa shape index (κ3) is 5.28. The zero-order valence-corrected chi connectivity index (χ0v) is 20.0. The number of carbonyl (C=O) groups excluding carboxylic acids is 2. The molecule has 10 heteroatoms. The molecule has 0 radical (unpaired) electrons. The molecule has 2 aromatic rings. The summed E-state index contributed by atoms with van der Waals surface area (Å²) in [6.45, 7) is 10.1. The number of aliphatic hydroxyl groups is 1. The highest BCUT2D eigenvalue weighted by atomic mass is 16.7. The molecule has 1 aliphatic heterocycles. The molecule has 2 N–H and O–H groups in total. The Morgan fingerprint density at radius 1 is 1.18 bits per heavy atom. The van der Waals surface area contributed by atoms with Gasteiger partial charge in [-0.15, -0.1) is 0 Å². The molecule has 182 valence electrons. The first kappa shape index (κ1) is 25.0. The van der Waals surface area contributed by atoms with Gasteiger partial charge in [0.25, 0.3) is 5.69 Å². The topological polar surface area (TPSA) is 137 Å². The standard InChI is InChI=1S/C24H28N2O8/c1-13-14(2)21-19(15(3)20(13)25-22(28)34-23(4,5)6)18(27)11-24(29,33-21)12-32-17-9-7-16(8-10-17)26(30)31/h7-10,29H,11-12H2,1-6H3,(H,25,28). The molecule has 0 aliphatic carbocycles. The number of nitro groups is 1. The van der Waals surface area contributed by atoms with Crippen LogP contribution in [-0.2, 0) is 4.74 Å². The molecule has 34 heavy (non-hydrogen) atoms. The Bertz CT molecular complexity index is 1150. The third-order valence-electron chi connectivity index (χ3n) is 5.40. The Morgan fingerprint density at radius 2 is 1.79 bits per heavy atom. The van der Waals surface area contributed by atoms with Crippen molar-refractivity contribution >= 4 is 23.3 Å². The van der Waals surface area contributed by atoms with Crippen molar-refractivity contribution in [2.75, 3.05) is 11.9 Å². The maximum Gasteiger partial charge on any atom is 0.412 e. The van der Waals surface area contributed by atoms with Crippen molar-refractivity contribution in [3.05, 3.63) is 56.6 Å². The molecule has 1 aliphatic rings. The second kappa shape index (κ2) is 8.94. The highest BCUT2D eigenvalue weighted by Crippen LogP contribution is 2.42. The number of carbonyl (C=O) groups is 2. The fourth-order valence-electron chi connectivity index (χ4n) is 3.68. The zero-order valence-electron chi connectivity index (χ0n) is 20.0. The molecule has 0 spiro atoms. The van der Waals surface area contributed by atoms with E-state index in [2.05, 4.69) is 5.32 Å². The Balaban J connectivity index is 1.85. The van der Waals surface area contributed by atoms with E-state index in [9.17, 15) is 24.8 Å². The minimum atomic E-state index is -1.93. The van der Waals surface area contributed by atoms with Gasteiger partial charge in [-0.3, -0.25) is 20.2 Å². The molecule has 0 saturated heterocycles. The summed E-state index contributed by atoms with van der Waals surface area (Å²) in [6.07, 6.45) is -1.02. The van der Waals surface area contributed by atoms with E-state index in [4.69, 9.17) is 14.2 Å². The Morgan fingerprint density at radius 3 is 2.35 bits per heavy atom. The zero-order chi connectivity index (χ0) is 25.4. The number of Topliss-reactive ketones (excluding diaryl/α,β-unsaturated/α-hetero) is 1. The highest BCUT2D eigenvalue weighted by Gasteiger charge is 2.42. The first-order valence-corrected chi connectivity index (χ1v) is 10.7. The number of non-ortho nitro benzene ring substituents is 1. The van der Waals surface area contributed by atoms with Gasteiger partial charge >= 0.3 is 6.09 Å². The van der Waals surface area contributed by atoms with E-state index >= 15 is 0 Å². The lowest BCUT2D eigenvalue weighted by Crippen LogP contribution is -2.47. The predicted octanol–water partition coefficient (Wildman–Crippen LogP) is 4.60. The van der Waals surface area contributed by atoms with Crippen molar-refractivity contribution in [2.45, 2.75) is 59.4 Å². The van der Waals surface area contributed by atoms with Crippen LogP contribution in [0.1, 0.15) is 54.2 Å². The van der Waals surface area contributed by atoms with Crippen LogP contribution in [0.5, 0.6) is 11.5 Å². The lowest BCUT2D eigenvalue weighted by molar-refractivity contribution is -0.384. The van der Waals surface area contributed by atoms with Crippen molar-refractivity contribution in [2.24, 2.45) is 0 Å². The second-order valence-electron chi connectivity index (χ2n) is 9.27. The number of amides is 1. The van der Waals surface area contributed by atoms with Crippen LogP contribution >= 0.6 is 0 Å². The second-order valence-corrected chi connectivity index (χ2v) is 9.27. The van der Waals surface area contributed by atoms with Crippen LogP contribution in [0.2, 0.25) is 0 Å². The van der Waals surface area contributed by atoms with Crippen LogP contribution < -0.4 is 14.8 Å². The van der Waals surface area contributed by atoms with Gasteiger partial charge in [0, 0.05) is 12.1 Å². The Kier molecular flexibility index (Phi) is 6.57. The number of hydrogen-bond acceptors (Lipinski definition) is 8. The van der Waals surface area contributed by atoms with E-state index in [1.165, 1.54) is 24.3 Å². The molecular formula is C24H28N2O8. The number of nitrogens with one attached hydrogen (secondary N) is 1. The van der Waals surface area contributed by atoms with Crippen LogP contribution in [0, 0.1) is 30.9 Å². The van der Waals surface area contributed by atoms with Crippen molar-refractivity contribution < 1.29 is 33.8 Å². The van der Waals surface area contributed by atoms with E-state index < -0.39 is 22.4 Å². The summed E-state index contributed by atoms with van der Waals surface area (Å²) in [5, 5.41) is 24.5. The summed E-state index contributed by atoms with van der Waals surface area (Å²) in [6, 6.07) is 5.34. The highest BCUT2D eigenvalue weighted by molar-refractivity contribution is 6.05. The normalized spacial score (nSPS) is 17.4. The van der Waals surface area contributed by atoms with Gasteiger partial charge in [0.05, 0.1) is 22.6 Å². The fraction of sp³-hybridized carbons (Fsp3) is 0.417. The molecule has 1 heterocycles.